The SMILES string of the molecule is COc1ccc(S(=O)(=O)N(CCC#N)CC(C)C)cc1. The zero-order valence-electron chi connectivity index (χ0n) is 12.0. The average Bonchev–Trinajstić information content (AvgIpc) is 2.43. The van der Waals surface area contributed by atoms with Gasteiger partial charge in [0.1, 0.15) is 5.75 Å². The van der Waals surface area contributed by atoms with E-state index in [0.29, 0.717) is 12.3 Å². The molecule has 110 valence electrons. The molecule has 0 amide bonds. The third-order valence-corrected chi connectivity index (χ3v) is 4.62. The second kappa shape index (κ2) is 7.27. The summed E-state index contributed by atoms with van der Waals surface area (Å²) in [6.07, 6.45) is 0.183. The minimum Gasteiger partial charge on any atom is -0.497 e. The van der Waals surface area contributed by atoms with Crippen molar-refractivity contribution in [1.82, 2.24) is 4.31 Å². The first-order valence-corrected chi connectivity index (χ1v) is 7.87. The molecule has 0 saturated carbocycles. The van der Waals surface area contributed by atoms with Crippen LogP contribution in [0.15, 0.2) is 29.2 Å². The monoisotopic (exact) mass is 296 g/mol. The Hall–Kier alpha value is -1.58. The summed E-state index contributed by atoms with van der Waals surface area (Å²) in [6, 6.07) is 8.26. The van der Waals surface area contributed by atoms with E-state index in [4.69, 9.17) is 10.00 Å². The molecule has 0 aliphatic rings. The average molecular weight is 296 g/mol. The van der Waals surface area contributed by atoms with Gasteiger partial charge in [-0.1, -0.05) is 13.8 Å². The van der Waals surface area contributed by atoms with Crippen molar-refractivity contribution >= 4 is 10.0 Å². The van der Waals surface area contributed by atoms with Gasteiger partial charge in [-0.25, -0.2) is 8.42 Å². The quantitative estimate of drug-likeness (QED) is 0.774. The van der Waals surface area contributed by atoms with E-state index in [0.717, 1.165) is 0 Å². The Morgan fingerprint density at radius 1 is 1.30 bits per heavy atom. The molecule has 0 spiro atoms. The van der Waals surface area contributed by atoms with E-state index in [1.165, 1.54) is 23.5 Å². The fraction of sp³-hybridized carbons (Fsp3) is 0.500. The van der Waals surface area contributed by atoms with Crippen LogP contribution in [0.25, 0.3) is 0 Å². The van der Waals surface area contributed by atoms with Crippen molar-refractivity contribution in [1.29, 1.82) is 5.26 Å². The van der Waals surface area contributed by atoms with Crippen molar-refractivity contribution in [2.45, 2.75) is 25.2 Å². The highest BCUT2D eigenvalue weighted by atomic mass is 32.2. The van der Waals surface area contributed by atoms with Crippen LogP contribution in [-0.2, 0) is 10.0 Å². The molecule has 20 heavy (non-hydrogen) atoms. The molecule has 0 unspecified atom stereocenters. The first-order chi connectivity index (χ1) is 9.41. The lowest BCUT2D eigenvalue weighted by molar-refractivity contribution is 0.372. The normalized spacial score (nSPS) is 11.6. The van der Waals surface area contributed by atoms with Gasteiger partial charge in [0.15, 0.2) is 0 Å². The lowest BCUT2D eigenvalue weighted by Gasteiger charge is -2.23. The van der Waals surface area contributed by atoms with Crippen LogP contribution in [0.4, 0.5) is 0 Å². The van der Waals surface area contributed by atoms with Gasteiger partial charge < -0.3 is 4.74 Å². The number of rotatable bonds is 7. The number of nitrogens with zero attached hydrogens (tertiary/aromatic N) is 2. The van der Waals surface area contributed by atoms with Gasteiger partial charge in [0, 0.05) is 19.5 Å². The van der Waals surface area contributed by atoms with Crippen LogP contribution >= 0.6 is 0 Å². The van der Waals surface area contributed by atoms with Crippen molar-refractivity contribution in [3.05, 3.63) is 24.3 Å². The molecule has 0 fully saturated rings. The molecule has 6 heteroatoms. The molecule has 0 bridgehead atoms. The van der Waals surface area contributed by atoms with Crippen LogP contribution in [0.2, 0.25) is 0 Å². The van der Waals surface area contributed by atoms with Crippen molar-refractivity contribution in [3.8, 4) is 11.8 Å². The van der Waals surface area contributed by atoms with Gasteiger partial charge in [-0.05, 0) is 30.2 Å². The molecular formula is C14H20N2O3S. The van der Waals surface area contributed by atoms with Gasteiger partial charge in [0.05, 0.1) is 18.1 Å². The number of hydrogen-bond acceptors (Lipinski definition) is 4. The van der Waals surface area contributed by atoms with Gasteiger partial charge in [-0.3, -0.25) is 0 Å². The zero-order chi connectivity index (χ0) is 15.2. The number of nitriles is 1. The molecule has 1 aromatic rings. The topological polar surface area (TPSA) is 70.4 Å². The second-order valence-electron chi connectivity index (χ2n) is 4.84. The van der Waals surface area contributed by atoms with E-state index in [2.05, 4.69) is 0 Å². The molecule has 0 atom stereocenters. The molecule has 1 aromatic carbocycles. The maximum atomic E-state index is 12.5. The summed E-state index contributed by atoms with van der Waals surface area (Å²) < 4.78 is 31.5. The summed E-state index contributed by atoms with van der Waals surface area (Å²) in [5.74, 6) is 0.804. The van der Waals surface area contributed by atoms with Gasteiger partial charge in [-0.15, -0.1) is 0 Å². The predicted octanol–water partition coefficient (Wildman–Crippen LogP) is 2.26. The van der Waals surface area contributed by atoms with Crippen molar-refractivity contribution in [2.24, 2.45) is 5.92 Å². The number of methoxy groups -OCH3 is 1. The molecule has 0 saturated heterocycles. The van der Waals surface area contributed by atoms with Crippen LogP contribution < -0.4 is 4.74 Å². The van der Waals surface area contributed by atoms with Gasteiger partial charge >= 0.3 is 0 Å². The van der Waals surface area contributed by atoms with E-state index in [1.54, 1.807) is 12.1 Å². The molecule has 0 aliphatic heterocycles. The summed E-state index contributed by atoms with van der Waals surface area (Å²) in [5, 5.41) is 8.67. The first-order valence-electron chi connectivity index (χ1n) is 6.43. The summed E-state index contributed by atoms with van der Waals surface area (Å²) in [5.41, 5.74) is 0. The second-order valence-corrected chi connectivity index (χ2v) is 6.78. The van der Waals surface area contributed by atoms with E-state index in [-0.39, 0.29) is 23.8 Å². The van der Waals surface area contributed by atoms with Crippen LogP contribution in [0, 0.1) is 17.2 Å². The highest BCUT2D eigenvalue weighted by molar-refractivity contribution is 7.89. The number of ether oxygens (including phenoxy) is 1. The van der Waals surface area contributed by atoms with E-state index in [9.17, 15) is 8.42 Å². The summed E-state index contributed by atoms with van der Waals surface area (Å²) in [6.45, 7) is 4.50. The molecule has 0 aliphatic carbocycles. The highest BCUT2D eigenvalue weighted by Crippen LogP contribution is 2.20. The Labute approximate surface area is 120 Å². The highest BCUT2D eigenvalue weighted by Gasteiger charge is 2.24. The Morgan fingerprint density at radius 3 is 2.35 bits per heavy atom. The van der Waals surface area contributed by atoms with Crippen LogP contribution in [0.1, 0.15) is 20.3 Å². The third kappa shape index (κ3) is 4.22. The predicted molar refractivity (Wildman–Crippen MR) is 76.8 cm³/mol. The lowest BCUT2D eigenvalue weighted by atomic mass is 10.2. The summed E-state index contributed by atoms with van der Waals surface area (Å²) in [7, 11) is -2.04. The summed E-state index contributed by atoms with van der Waals surface area (Å²) >= 11 is 0. The molecule has 0 aromatic heterocycles. The van der Waals surface area contributed by atoms with Gasteiger partial charge in [0.2, 0.25) is 10.0 Å². The molecule has 5 nitrogen and oxygen atoms in total. The number of hydrogen-bond donors (Lipinski definition) is 0. The Kier molecular flexibility index (Phi) is 5.99. The Balaban J connectivity index is 3.04. The standard InChI is InChI=1S/C14H20N2O3S/c1-12(2)11-16(10-4-9-15)20(17,18)14-7-5-13(19-3)6-8-14/h5-8,12H,4,10-11H2,1-3H3. The zero-order valence-corrected chi connectivity index (χ0v) is 12.9. The van der Waals surface area contributed by atoms with Gasteiger partial charge in [-0.2, -0.15) is 9.57 Å². The smallest absolute Gasteiger partial charge is 0.243 e. The lowest BCUT2D eigenvalue weighted by Crippen LogP contribution is -2.35. The van der Waals surface area contributed by atoms with E-state index in [1.807, 2.05) is 19.9 Å². The maximum absolute atomic E-state index is 12.5. The number of sulfonamides is 1. The van der Waals surface area contributed by atoms with Crippen molar-refractivity contribution in [2.75, 3.05) is 20.2 Å². The van der Waals surface area contributed by atoms with Crippen molar-refractivity contribution in [3.63, 3.8) is 0 Å². The minimum absolute atomic E-state index is 0.183. The molecule has 0 heterocycles. The van der Waals surface area contributed by atoms with Crippen LogP contribution in [0.3, 0.4) is 0 Å². The Morgan fingerprint density at radius 2 is 1.90 bits per heavy atom. The fourth-order valence-corrected chi connectivity index (χ4v) is 3.39. The molecule has 0 radical (unpaired) electrons. The molecular weight excluding hydrogens is 276 g/mol. The summed E-state index contributed by atoms with van der Waals surface area (Å²) in [4.78, 5) is 0.219. The number of benzene rings is 1. The maximum Gasteiger partial charge on any atom is 0.243 e. The van der Waals surface area contributed by atoms with Crippen LogP contribution in [0.5, 0.6) is 5.75 Å². The largest absolute Gasteiger partial charge is 0.497 e. The third-order valence-electron chi connectivity index (χ3n) is 2.74. The van der Waals surface area contributed by atoms with Crippen LogP contribution in [-0.4, -0.2) is 32.9 Å². The van der Waals surface area contributed by atoms with Gasteiger partial charge in [0.25, 0.3) is 0 Å². The first kappa shape index (κ1) is 16.5. The van der Waals surface area contributed by atoms with Crippen molar-refractivity contribution < 1.29 is 13.2 Å². The van der Waals surface area contributed by atoms with E-state index >= 15 is 0 Å². The minimum atomic E-state index is -3.57. The molecule has 1 rings (SSSR count). The van der Waals surface area contributed by atoms with E-state index < -0.39 is 10.0 Å². The Bertz CT molecular complexity index is 559. The fourth-order valence-electron chi connectivity index (χ4n) is 1.79. The molecule has 0 N–H and O–H groups in total.